The molecule has 0 bridgehead atoms. The van der Waals surface area contributed by atoms with Crippen molar-refractivity contribution in [2.24, 2.45) is 0 Å². The molecule has 0 saturated carbocycles. The lowest BCUT2D eigenvalue weighted by molar-refractivity contribution is 0.660. The van der Waals surface area contributed by atoms with Gasteiger partial charge in [-0.05, 0) is 105 Å². The highest BCUT2D eigenvalue weighted by Gasteiger charge is 2.35. The van der Waals surface area contributed by atoms with Crippen LogP contribution in [0, 0.1) is 0 Å². The number of thiophene rings is 1. The van der Waals surface area contributed by atoms with E-state index in [9.17, 15) is 0 Å². The van der Waals surface area contributed by atoms with Crippen molar-refractivity contribution in [2.45, 2.75) is 19.3 Å². The quantitative estimate of drug-likeness (QED) is 0.167. The van der Waals surface area contributed by atoms with E-state index in [4.69, 9.17) is 0 Å². The molecular weight excluding hydrogens is 659 g/mol. The molecule has 0 fully saturated rings. The normalized spacial score (nSPS) is 12.9. The number of hydrogen-bond acceptors (Lipinski definition) is 2. The highest BCUT2D eigenvalue weighted by molar-refractivity contribution is 7.26. The molecule has 0 unspecified atom stereocenters. The Labute approximate surface area is 315 Å². The molecule has 0 radical (unpaired) electrons. The summed E-state index contributed by atoms with van der Waals surface area (Å²) in [6, 6.07) is 69.0. The van der Waals surface area contributed by atoms with E-state index in [1.807, 2.05) is 11.3 Å². The summed E-state index contributed by atoms with van der Waals surface area (Å²) < 4.78 is 2.66. The maximum absolute atomic E-state index is 2.42. The van der Waals surface area contributed by atoms with Crippen molar-refractivity contribution in [1.82, 2.24) is 0 Å². The molecule has 1 nitrogen and oxygen atoms in total. The van der Waals surface area contributed by atoms with Gasteiger partial charge in [-0.2, -0.15) is 0 Å². The summed E-state index contributed by atoms with van der Waals surface area (Å²) in [4.78, 5) is 2.42. The van der Waals surface area contributed by atoms with Crippen molar-refractivity contribution in [1.29, 1.82) is 0 Å². The van der Waals surface area contributed by atoms with E-state index in [1.165, 1.54) is 75.8 Å². The van der Waals surface area contributed by atoms with E-state index >= 15 is 0 Å². The van der Waals surface area contributed by atoms with Crippen LogP contribution in [0.2, 0.25) is 0 Å². The van der Waals surface area contributed by atoms with Gasteiger partial charge in [0.15, 0.2) is 0 Å². The number of fused-ring (bicyclic) bond motifs is 6. The molecule has 10 rings (SSSR count). The zero-order chi connectivity index (χ0) is 35.5. The molecule has 252 valence electrons. The van der Waals surface area contributed by atoms with Gasteiger partial charge in [-0.1, -0.05) is 147 Å². The van der Waals surface area contributed by atoms with Gasteiger partial charge in [0.25, 0.3) is 0 Å². The Hall–Kier alpha value is -6.22. The third-order valence-corrected chi connectivity index (χ3v) is 12.3. The fourth-order valence-electron chi connectivity index (χ4n) is 8.36. The van der Waals surface area contributed by atoms with Crippen LogP contribution in [0.3, 0.4) is 0 Å². The van der Waals surface area contributed by atoms with Crippen LogP contribution in [0.4, 0.5) is 17.1 Å². The molecule has 0 atom stereocenters. The highest BCUT2D eigenvalue weighted by Crippen LogP contribution is 2.51. The van der Waals surface area contributed by atoms with E-state index in [0.29, 0.717) is 0 Å². The van der Waals surface area contributed by atoms with Gasteiger partial charge in [0.2, 0.25) is 0 Å². The van der Waals surface area contributed by atoms with Crippen LogP contribution in [0.1, 0.15) is 25.0 Å². The highest BCUT2D eigenvalue weighted by atomic mass is 32.1. The molecule has 8 aromatic carbocycles. The van der Waals surface area contributed by atoms with Crippen LogP contribution < -0.4 is 4.90 Å². The number of nitrogens with zero attached hydrogens (tertiary/aromatic N) is 1. The van der Waals surface area contributed by atoms with Crippen LogP contribution in [0.15, 0.2) is 188 Å². The first-order valence-corrected chi connectivity index (χ1v) is 19.2. The number of anilines is 3. The Kier molecular flexibility index (Phi) is 7.42. The second-order valence-corrected chi connectivity index (χ2v) is 15.6. The summed E-state index contributed by atoms with van der Waals surface area (Å²) >= 11 is 1.89. The summed E-state index contributed by atoms with van der Waals surface area (Å²) in [6.07, 6.45) is 0. The Morgan fingerprint density at radius 2 is 1.00 bits per heavy atom. The predicted molar refractivity (Wildman–Crippen MR) is 228 cm³/mol. The van der Waals surface area contributed by atoms with E-state index in [0.717, 1.165) is 17.1 Å². The summed E-state index contributed by atoms with van der Waals surface area (Å²) in [5, 5.41) is 2.63. The first-order valence-electron chi connectivity index (χ1n) is 18.3. The van der Waals surface area contributed by atoms with Crippen molar-refractivity contribution in [3.05, 3.63) is 199 Å². The van der Waals surface area contributed by atoms with Crippen LogP contribution in [0.5, 0.6) is 0 Å². The number of rotatable bonds is 6. The number of hydrogen-bond donors (Lipinski definition) is 0. The molecule has 0 N–H and O–H groups in total. The minimum Gasteiger partial charge on any atom is -0.310 e. The van der Waals surface area contributed by atoms with Crippen LogP contribution in [0.25, 0.3) is 64.7 Å². The molecule has 1 aromatic heterocycles. The zero-order valence-electron chi connectivity index (χ0n) is 29.8. The van der Waals surface area contributed by atoms with Crippen molar-refractivity contribution < 1.29 is 0 Å². The lowest BCUT2D eigenvalue weighted by Crippen LogP contribution is -2.16. The average molecular weight is 696 g/mol. The van der Waals surface area contributed by atoms with Gasteiger partial charge in [-0.25, -0.2) is 0 Å². The van der Waals surface area contributed by atoms with Crippen LogP contribution >= 0.6 is 11.3 Å². The molecule has 1 heterocycles. The molecule has 9 aromatic rings. The van der Waals surface area contributed by atoms with Crippen molar-refractivity contribution in [3.63, 3.8) is 0 Å². The van der Waals surface area contributed by atoms with Gasteiger partial charge in [-0.15, -0.1) is 11.3 Å². The van der Waals surface area contributed by atoms with Crippen molar-refractivity contribution >= 4 is 48.6 Å². The van der Waals surface area contributed by atoms with E-state index in [1.54, 1.807) is 0 Å². The molecule has 0 amide bonds. The maximum atomic E-state index is 2.42. The molecule has 0 saturated heterocycles. The van der Waals surface area contributed by atoms with Gasteiger partial charge in [0.05, 0.1) is 0 Å². The zero-order valence-corrected chi connectivity index (χ0v) is 30.6. The maximum Gasteiger partial charge on any atom is 0.0467 e. The minimum absolute atomic E-state index is 0.0930. The molecule has 2 heteroatoms. The molecular formula is C51H37NS. The topological polar surface area (TPSA) is 3.24 Å². The third-order valence-electron chi connectivity index (χ3n) is 11.1. The van der Waals surface area contributed by atoms with Gasteiger partial charge in [0, 0.05) is 48.2 Å². The average Bonchev–Trinajstić information content (AvgIpc) is 3.70. The first kappa shape index (κ1) is 31.5. The van der Waals surface area contributed by atoms with Crippen LogP contribution in [-0.2, 0) is 5.41 Å². The van der Waals surface area contributed by atoms with Crippen molar-refractivity contribution in [3.8, 4) is 44.5 Å². The Bertz CT molecular complexity index is 2790. The summed E-state index contributed by atoms with van der Waals surface area (Å²) in [6.45, 7) is 4.71. The van der Waals surface area contributed by atoms with E-state index in [-0.39, 0.29) is 5.41 Å². The monoisotopic (exact) mass is 695 g/mol. The molecule has 0 spiro atoms. The summed E-state index contributed by atoms with van der Waals surface area (Å²) in [7, 11) is 0. The lowest BCUT2D eigenvalue weighted by atomic mass is 9.82. The predicted octanol–water partition coefficient (Wildman–Crippen LogP) is 14.8. The van der Waals surface area contributed by atoms with Crippen LogP contribution in [-0.4, -0.2) is 0 Å². The Balaban J connectivity index is 1.12. The van der Waals surface area contributed by atoms with Gasteiger partial charge < -0.3 is 4.90 Å². The third kappa shape index (κ3) is 5.29. The van der Waals surface area contributed by atoms with Gasteiger partial charge >= 0.3 is 0 Å². The molecule has 53 heavy (non-hydrogen) atoms. The second kappa shape index (κ2) is 12.5. The molecule has 1 aliphatic rings. The summed E-state index contributed by atoms with van der Waals surface area (Å²) in [5.74, 6) is 0. The minimum atomic E-state index is -0.0930. The second-order valence-electron chi connectivity index (χ2n) is 14.6. The van der Waals surface area contributed by atoms with Crippen molar-refractivity contribution in [2.75, 3.05) is 4.90 Å². The molecule has 1 aliphatic carbocycles. The number of benzene rings is 8. The van der Waals surface area contributed by atoms with Gasteiger partial charge in [-0.3, -0.25) is 0 Å². The standard InChI is InChI=1S/C51H37NS/c1-51(2)47-22-11-9-20-42(47)43-29-28-41(33-48(43)51)52(40-19-13-18-37(30-40)34-14-5-3-6-15-34)39-26-24-35(25-27-39)38-31-45(36-16-7-4-8-17-36)50-46(32-38)44-21-10-12-23-49(44)53-50/h3-33H,1-2H3. The lowest BCUT2D eigenvalue weighted by Gasteiger charge is -2.28. The fraction of sp³-hybridized carbons (Fsp3) is 0.0588. The largest absolute Gasteiger partial charge is 0.310 e. The van der Waals surface area contributed by atoms with E-state index in [2.05, 4.69) is 207 Å². The molecule has 0 aliphatic heterocycles. The Morgan fingerprint density at radius 3 is 1.81 bits per heavy atom. The fourth-order valence-corrected chi connectivity index (χ4v) is 9.58. The van der Waals surface area contributed by atoms with E-state index < -0.39 is 0 Å². The first-order chi connectivity index (χ1) is 26.0. The SMILES string of the molecule is CC1(C)c2ccccc2-c2ccc(N(c3ccc(-c4cc(-c5ccccc5)c5sc6ccccc6c5c4)cc3)c3cccc(-c4ccccc4)c3)cc21. The Morgan fingerprint density at radius 1 is 0.377 bits per heavy atom. The summed E-state index contributed by atoms with van der Waals surface area (Å²) in [5.41, 5.74) is 16.1. The van der Waals surface area contributed by atoms with Gasteiger partial charge in [0.1, 0.15) is 0 Å². The smallest absolute Gasteiger partial charge is 0.0467 e.